The Hall–Kier alpha value is -1.71. The van der Waals surface area contributed by atoms with Crippen LogP contribution < -0.4 is 10.6 Å². The lowest BCUT2D eigenvalue weighted by molar-refractivity contribution is 0.328. The molecule has 0 radical (unpaired) electrons. The first-order valence-corrected chi connectivity index (χ1v) is 7.02. The van der Waals surface area contributed by atoms with Gasteiger partial charge >= 0.3 is 0 Å². The van der Waals surface area contributed by atoms with Gasteiger partial charge in [0, 0.05) is 18.8 Å². The Morgan fingerprint density at radius 1 is 1.37 bits per heavy atom. The van der Waals surface area contributed by atoms with Gasteiger partial charge in [0.1, 0.15) is 5.52 Å². The monoisotopic (exact) mass is 259 g/mol. The van der Waals surface area contributed by atoms with Gasteiger partial charge in [0.25, 0.3) is 6.01 Å². The highest BCUT2D eigenvalue weighted by Crippen LogP contribution is 2.31. The van der Waals surface area contributed by atoms with Crippen LogP contribution in [0.5, 0.6) is 0 Å². The minimum absolute atomic E-state index is 0.536. The fourth-order valence-corrected chi connectivity index (χ4v) is 2.99. The van der Waals surface area contributed by atoms with Crippen LogP contribution in [0.15, 0.2) is 22.6 Å². The lowest BCUT2D eigenvalue weighted by Gasteiger charge is -2.33. The van der Waals surface area contributed by atoms with E-state index in [0.29, 0.717) is 12.1 Å². The molecule has 1 aromatic heterocycles. The minimum atomic E-state index is 0.536. The SMILES string of the molecule is CC1CCCC(N(C)c2nc3cc(N)ccc3o2)C1. The lowest BCUT2D eigenvalue weighted by Crippen LogP contribution is -2.35. The van der Waals surface area contributed by atoms with Crippen LogP contribution in [0.25, 0.3) is 11.1 Å². The van der Waals surface area contributed by atoms with Gasteiger partial charge in [-0.2, -0.15) is 4.98 Å². The van der Waals surface area contributed by atoms with Gasteiger partial charge in [0.15, 0.2) is 5.58 Å². The first kappa shape index (κ1) is 12.3. The fourth-order valence-electron chi connectivity index (χ4n) is 2.99. The third-order valence-electron chi connectivity index (χ3n) is 4.16. The largest absolute Gasteiger partial charge is 0.423 e. The Kier molecular flexibility index (Phi) is 3.09. The second-order valence-corrected chi connectivity index (χ2v) is 5.76. The van der Waals surface area contributed by atoms with Crippen molar-refractivity contribution in [3.63, 3.8) is 0 Å². The number of nitrogen functional groups attached to an aromatic ring is 1. The molecule has 1 heterocycles. The van der Waals surface area contributed by atoms with Gasteiger partial charge in [0.2, 0.25) is 0 Å². The molecule has 2 unspecified atom stereocenters. The number of rotatable bonds is 2. The van der Waals surface area contributed by atoms with E-state index < -0.39 is 0 Å². The maximum atomic E-state index is 5.83. The van der Waals surface area contributed by atoms with E-state index in [4.69, 9.17) is 10.2 Å². The minimum Gasteiger partial charge on any atom is -0.423 e. The van der Waals surface area contributed by atoms with Gasteiger partial charge < -0.3 is 15.1 Å². The average Bonchev–Trinajstić information content (AvgIpc) is 2.80. The molecule has 0 saturated heterocycles. The lowest BCUT2D eigenvalue weighted by atomic mass is 9.86. The van der Waals surface area contributed by atoms with Gasteiger partial charge in [-0.25, -0.2) is 0 Å². The van der Waals surface area contributed by atoms with Crippen molar-refractivity contribution in [2.24, 2.45) is 5.92 Å². The van der Waals surface area contributed by atoms with Crippen LogP contribution in [-0.4, -0.2) is 18.1 Å². The molecule has 0 aliphatic heterocycles. The number of hydrogen-bond donors (Lipinski definition) is 1. The molecule has 4 heteroatoms. The summed E-state index contributed by atoms with van der Waals surface area (Å²) < 4.78 is 5.83. The van der Waals surface area contributed by atoms with Crippen LogP contribution >= 0.6 is 0 Å². The molecule has 2 atom stereocenters. The third-order valence-corrected chi connectivity index (χ3v) is 4.16. The van der Waals surface area contributed by atoms with Crippen molar-refractivity contribution in [2.75, 3.05) is 17.7 Å². The predicted molar refractivity (Wildman–Crippen MR) is 78.2 cm³/mol. The van der Waals surface area contributed by atoms with E-state index in [-0.39, 0.29) is 0 Å². The Bertz CT molecular complexity index is 578. The molecule has 1 aliphatic carbocycles. The number of aromatic nitrogens is 1. The van der Waals surface area contributed by atoms with Crippen molar-refractivity contribution >= 4 is 22.8 Å². The summed E-state index contributed by atoms with van der Waals surface area (Å²) >= 11 is 0. The first-order chi connectivity index (χ1) is 9.13. The molecule has 19 heavy (non-hydrogen) atoms. The third kappa shape index (κ3) is 2.39. The topological polar surface area (TPSA) is 55.3 Å². The summed E-state index contributed by atoms with van der Waals surface area (Å²) in [6.07, 6.45) is 5.08. The smallest absolute Gasteiger partial charge is 0.298 e. The molecule has 2 aromatic rings. The van der Waals surface area contributed by atoms with Gasteiger partial charge in [-0.05, 0) is 37.0 Å². The standard InChI is InChI=1S/C15H21N3O/c1-10-4-3-5-12(8-10)18(2)15-17-13-9-11(16)6-7-14(13)19-15/h6-7,9-10,12H,3-5,8,16H2,1-2H3. The maximum absolute atomic E-state index is 5.83. The molecular formula is C15H21N3O. The number of anilines is 2. The Morgan fingerprint density at radius 3 is 3.00 bits per heavy atom. The Labute approximate surface area is 113 Å². The van der Waals surface area contributed by atoms with Gasteiger partial charge in [-0.3, -0.25) is 0 Å². The summed E-state index contributed by atoms with van der Waals surface area (Å²) in [6, 6.07) is 6.84. The van der Waals surface area contributed by atoms with E-state index in [1.54, 1.807) is 0 Å². The summed E-state index contributed by atoms with van der Waals surface area (Å²) in [7, 11) is 2.08. The normalized spacial score (nSPS) is 23.7. The van der Waals surface area contributed by atoms with Crippen molar-refractivity contribution < 1.29 is 4.42 Å². The number of nitrogens with zero attached hydrogens (tertiary/aromatic N) is 2. The second kappa shape index (κ2) is 4.76. The van der Waals surface area contributed by atoms with Crippen molar-refractivity contribution in [1.29, 1.82) is 0 Å². The molecule has 1 aromatic carbocycles. The Morgan fingerprint density at radius 2 is 2.21 bits per heavy atom. The summed E-state index contributed by atoms with van der Waals surface area (Å²) in [5, 5.41) is 0. The molecule has 1 aliphatic rings. The molecule has 102 valence electrons. The van der Waals surface area contributed by atoms with E-state index in [9.17, 15) is 0 Å². The van der Waals surface area contributed by atoms with E-state index in [0.717, 1.165) is 22.7 Å². The molecular weight excluding hydrogens is 238 g/mol. The van der Waals surface area contributed by atoms with Crippen LogP contribution in [0.4, 0.5) is 11.7 Å². The molecule has 0 bridgehead atoms. The highest BCUT2D eigenvalue weighted by atomic mass is 16.4. The molecule has 2 N–H and O–H groups in total. The molecule has 4 nitrogen and oxygen atoms in total. The number of fused-ring (bicyclic) bond motifs is 1. The van der Waals surface area contributed by atoms with Crippen LogP contribution in [-0.2, 0) is 0 Å². The van der Waals surface area contributed by atoms with Crippen molar-refractivity contribution in [3.05, 3.63) is 18.2 Å². The number of benzene rings is 1. The van der Waals surface area contributed by atoms with Gasteiger partial charge in [-0.1, -0.05) is 19.8 Å². The second-order valence-electron chi connectivity index (χ2n) is 5.76. The zero-order valence-electron chi connectivity index (χ0n) is 11.6. The quantitative estimate of drug-likeness (QED) is 0.839. The molecule has 0 spiro atoms. The predicted octanol–water partition coefficient (Wildman–Crippen LogP) is 3.42. The van der Waals surface area contributed by atoms with Crippen LogP contribution in [0.1, 0.15) is 32.6 Å². The number of hydrogen-bond acceptors (Lipinski definition) is 4. The first-order valence-electron chi connectivity index (χ1n) is 7.02. The van der Waals surface area contributed by atoms with E-state index in [1.807, 2.05) is 18.2 Å². The summed E-state index contributed by atoms with van der Waals surface area (Å²) in [5.41, 5.74) is 8.14. The van der Waals surface area contributed by atoms with Gasteiger partial charge in [-0.15, -0.1) is 0 Å². The van der Waals surface area contributed by atoms with Crippen LogP contribution in [0.2, 0.25) is 0 Å². The van der Waals surface area contributed by atoms with Crippen LogP contribution in [0, 0.1) is 5.92 Å². The summed E-state index contributed by atoms with van der Waals surface area (Å²) in [4.78, 5) is 6.74. The van der Waals surface area contributed by atoms with E-state index >= 15 is 0 Å². The number of oxazole rings is 1. The highest BCUT2D eigenvalue weighted by Gasteiger charge is 2.25. The zero-order valence-corrected chi connectivity index (χ0v) is 11.6. The summed E-state index contributed by atoms with van der Waals surface area (Å²) in [5.74, 6) is 0.793. The maximum Gasteiger partial charge on any atom is 0.298 e. The van der Waals surface area contributed by atoms with E-state index in [1.165, 1.54) is 25.7 Å². The van der Waals surface area contributed by atoms with Gasteiger partial charge in [0.05, 0.1) is 0 Å². The Balaban J connectivity index is 1.86. The van der Waals surface area contributed by atoms with Crippen LogP contribution in [0.3, 0.4) is 0 Å². The average molecular weight is 259 g/mol. The zero-order chi connectivity index (χ0) is 13.4. The molecule has 3 rings (SSSR count). The van der Waals surface area contributed by atoms with E-state index in [2.05, 4.69) is 23.9 Å². The highest BCUT2D eigenvalue weighted by molar-refractivity contribution is 5.78. The molecule has 1 fully saturated rings. The van der Waals surface area contributed by atoms with Crippen molar-refractivity contribution in [1.82, 2.24) is 4.98 Å². The molecule has 0 amide bonds. The summed E-state index contributed by atoms with van der Waals surface area (Å²) in [6.45, 7) is 2.33. The number of nitrogens with two attached hydrogens (primary N) is 1. The fraction of sp³-hybridized carbons (Fsp3) is 0.533. The van der Waals surface area contributed by atoms with Crippen molar-refractivity contribution in [2.45, 2.75) is 38.6 Å². The van der Waals surface area contributed by atoms with Crippen molar-refractivity contribution in [3.8, 4) is 0 Å². The molecule has 1 saturated carbocycles.